The normalized spacial score (nSPS) is 13.7. The smallest absolute Gasteiger partial charge is 0.0158 e. The van der Waals surface area contributed by atoms with Crippen LogP contribution in [0.2, 0.25) is 0 Å². The van der Waals surface area contributed by atoms with Crippen LogP contribution in [-0.2, 0) is 0 Å². The highest BCUT2D eigenvalue weighted by Crippen LogP contribution is 2.18. The second kappa shape index (κ2) is 6.90. The van der Waals surface area contributed by atoms with E-state index in [-0.39, 0.29) is 0 Å². The number of rotatable bonds is 5. The number of hydrogen-bond donors (Lipinski definition) is 0. The fourth-order valence-electron chi connectivity index (χ4n) is 1.11. The topological polar surface area (TPSA) is 0 Å². The van der Waals surface area contributed by atoms with Crippen LogP contribution in [0.15, 0.2) is 72.9 Å². The molecule has 0 amide bonds. The third kappa shape index (κ3) is 3.44. The first-order chi connectivity index (χ1) is 6.71. The van der Waals surface area contributed by atoms with E-state index in [1.165, 1.54) is 0 Å². The Morgan fingerprint density at radius 1 is 1.07 bits per heavy atom. The molecule has 14 heavy (non-hydrogen) atoms. The highest BCUT2D eigenvalue weighted by molar-refractivity contribution is 5.50. The number of hydrogen-bond acceptors (Lipinski definition) is 0. The third-order valence-electron chi connectivity index (χ3n) is 1.97. The van der Waals surface area contributed by atoms with Crippen LogP contribution < -0.4 is 0 Å². The SMILES string of the molecule is C=C\C=C/C(C(/C=C)=C\C)=C(\C)C=C. The van der Waals surface area contributed by atoms with E-state index in [4.69, 9.17) is 0 Å². The largest absolute Gasteiger partial charge is 0.0991 e. The van der Waals surface area contributed by atoms with Gasteiger partial charge in [-0.3, -0.25) is 0 Å². The van der Waals surface area contributed by atoms with Gasteiger partial charge in [-0.05, 0) is 30.6 Å². The van der Waals surface area contributed by atoms with Crippen molar-refractivity contribution >= 4 is 0 Å². The van der Waals surface area contributed by atoms with Gasteiger partial charge in [0, 0.05) is 0 Å². The maximum atomic E-state index is 3.78. The Morgan fingerprint density at radius 3 is 2.07 bits per heavy atom. The summed E-state index contributed by atoms with van der Waals surface area (Å²) < 4.78 is 0. The van der Waals surface area contributed by atoms with E-state index in [9.17, 15) is 0 Å². The summed E-state index contributed by atoms with van der Waals surface area (Å²) in [4.78, 5) is 0. The van der Waals surface area contributed by atoms with Crippen LogP contribution in [0.4, 0.5) is 0 Å². The molecule has 0 aromatic rings. The lowest BCUT2D eigenvalue weighted by atomic mass is 10.00. The summed E-state index contributed by atoms with van der Waals surface area (Å²) in [5.74, 6) is 0. The molecule has 0 saturated heterocycles. The van der Waals surface area contributed by atoms with E-state index >= 15 is 0 Å². The zero-order valence-corrected chi connectivity index (χ0v) is 9.09. The maximum Gasteiger partial charge on any atom is -0.0158 e. The highest BCUT2D eigenvalue weighted by atomic mass is 14.0. The predicted octanol–water partition coefficient (Wildman–Crippen LogP) is 4.36. The van der Waals surface area contributed by atoms with Gasteiger partial charge in [-0.1, -0.05) is 56.2 Å². The molecule has 0 aromatic carbocycles. The molecule has 0 heterocycles. The molecule has 0 N–H and O–H groups in total. The predicted molar refractivity (Wildman–Crippen MR) is 66.2 cm³/mol. The summed E-state index contributed by atoms with van der Waals surface area (Å²) in [6, 6.07) is 0. The molecule has 0 unspecified atom stereocenters. The first-order valence-electron chi connectivity index (χ1n) is 4.62. The first-order valence-corrected chi connectivity index (χ1v) is 4.62. The van der Waals surface area contributed by atoms with Gasteiger partial charge in [0.2, 0.25) is 0 Å². The van der Waals surface area contributed by atoms with Gasteiger partial charge in [0.25, 0.3) is 0 Å². The van der Waals surface area contributed by atoms with Crippen LogP contribution in [0.25, 0.3) is 0 Å². The van der Waals surface area contributed by atoms with E-state index in [0.717, 1.165) is 16.7 Å². The maximum absolute atomic E-state index is 3.78. The Bertz CT molecular complexity index is 309. The van der Waals surface area contributed by atoms with Gasteiger partial charge in [-0.25, -0.2) is 0 Å². The van der Waals surface area contributed by atoms with Crippen molar-refractivity contribution in [3.05, 3.63) is 72.9 Å². The molecule has 0 saturated carbocycles. The molecule has 0 bridgehead atoms. The fraction of sp³-hybridized carbons (Fsp3) is 0.143. The second-order valence-corrected chi connectivity index (χ2v) is 2.84. The Labute approximate surface area is 87.3 Å². The molecular formula is C14H18. The molecule has 0 spiro atoms. The summed E-state index contributed by atoms with van der Waals surface area (Å²) in [5.41, 5.74) is 3.38. The van der Waals surface area contributed by atoms with Crippen LogP contribution in [0.3, 0.4) is 0 Å². The summed E-state index contributed by atoms with van der Waals surface area (Å²) in [6.45, 7) is 15.2. The molecule has 0 radical (unpaired) electrons. The van der Waals surface area contributed by atoms with Gasteiger partial charge in [-0.2, -0.15) is 0 Å². The highest BCUT2D eigenvalue weighted by Gasteiger charge is 1.98. The average molecular weight is 186 g/mol. The van der Waals surface area contributed by atoms with Crippen molar-refractivity contribution in [1.82, 2.24) is 0 Å². The van der Waals surface area contributed by atoms with Crippen molar-refractivity contribution < 1.29 is 0 Å². The minimum Gasteiger partial charge on any atom is -0.0991 e. The lowest BCUT2D eigenvalue weighted by Gasteiger charge is -2.05. The van der Waals surface area contributed by atoms with Crippen molar-refractivity contribution in [3.63, 3.8) is 0 Å². The minimum atomic E-state index is 1.11. The Morgan fingerprint density at radius 2 is 1.71 bits per heavy atom. The minimum absolute atomic E-state index is 1.11. The van der Waals surface area contributed by atoms with Crippen molar-refractivity contribution in [2.45, 2.75) is 13.8 Å². The van der Waals surface area contributed by atoms with Crippen molar-refractivity contribution in [1.29, 1.82) is 0 Å². The van der Waals surface area contributed by atoms with Gasteiger partial charge >= 0.3 is 0 Å². The summed E-state index contributed by atoms with van der Waals surface area (Å²) in [6.07, 6.45) is 11.4. The van der Waals surface area contributed by atoms with Gasteiger partial charge in [0.15, 0.2) is 0 Å². The summed E-state index contributed by atoms with van der Waals surface area (Å²) >= 11 is 0. The van der Waals surface area contributed by atoms with Gasteiger partial charge in [0.1, 0.15) is 0 Å². The van der Waals surface area contributed by atoms with Gasteiger partial charge in [0.05, 0.1) is 0 Å². The van der Waals surface area contributed by atoms with E-state index in [1.807, 2.05) is 44.2 Å². The number of allylic oxidation sites excluding steroid dienone is 9. The molecule has 74 valence electrons. The quantitative estimate of drug-likeness (QED) is 0.559. The van der Waals surface area contributed by atoms with Crippen LogP contribution in [0.5, 0.6) is 0 Å². The van der Waals surface area contributed by atoms with Gasteiger partial charge < -0.3 is 0 Å². The van der Waals surface area contributed by atoms with E-state index in [1.54, 1.807) is 6.08 Å². The molecule has 0 aliphatic carbocycles. The molecular weight excluding hydrogens is 168 g/mol. The van der Waals surface area contributed by atoms with Crippen LogP contribution >= 0.6 is 0 Å². The van der Waals surface area contributed by atoms with Crippen LogP contribution in [-0.4, -0.2) is 0 Å². The third-order valence-corrected chi connectivity index (χ3v) is 1.97. The van der Waals surface area contributed by atoms with E-state index < -0.39 is 0 Å². The Hall–Kier alpha value is -1.56. The van der Waals surface area contributed by atoms with Crippen LogP contribution in [0.1, 0.15) is 13.8 Å². The average Bonchev–Trinajstić information content (AvgIpc) is 2.23. The van der Waals surface area contributed by atoms with E-state index in [2.05, 4.69) is 19.7 Å². The lowest BCUT2D eigenvalue weighted by Crippen LogP contribution is -1.86. The zero-order valence-electron chi connectivity index (χ0n) is 9.09. The molecule has 0 nitrogen and oxygen atoms in total. The van der Waals surface area contributed by atoms with Crippen molar-refractivity contribution in [3.8, 4) is 0 Å². The Balaban J connectivity index is 5.30. The molecule has 0 aliphatic heterocycles. The monoisotopic (exact) mass is 186 g/mol. The van der Waals surface area contributed by atoms with Crippen molar-refractivity contribution in [2.75, 3.05) is 0 Å². The Kier molecular flexibility index (Phi) is 6.13. The fourth-order valence-corrected chi connectivity index (χ4v) is 1.11. The lowest BCUT2D eigenvalue weighted by molar-refractivity contribution is 1.39. The summed E-state index contributed by atoms with van der Waals surface area (Å²) in [7, 11) is 0. The van der Waals surface area contributed by atoms with Crippen LogP contribution in [0, 0.1) is 0 Å². The van der Waals surface area contributed by atoms with Gasteiger partial charge in [-0.15, -0.1) is 0 Å². The van der Waals surface area contributed by atoms with Crippen molar-refractivity contribution in [2.24, 2.45) is 0 Å². The molecule has 0 aliphatic rings. The molecule has 0 fully saturated rings. The first kappa shape index (κ1) is 12.4. The van der Waals surface area contributed by atoms with E-state index in [0.29, 0.717) is 0 Å². The standard InChI is InChI=1S/C14H18/c1-6-10-11-14(12(5)7-2)13(8-3)9-4/h6-11H,1-3H2,4-5H3/b11-10-,13-9-,14-12-. The molecule has 0 atom stereocenters. The molecule has 0 heteroatoms. The summed E-state index contributed by atoms with van der Waals surface area (Å²) in [5, 5.41) is 0. The molecule has 0 rings (SSSR count). The second-order valence-electron chi connectivity index (χ2n) is 2.84. The molecule has 0 aromatic heterocycles. The zero-order chi connectivity index (χ0) is 11.0.